The Bertz CT molecular complexity index is 251. The average molecular weight is 210 g/mol. The summed E-state index contributed by atoms with van der Waals surface area (Å²) in [5, 5.41) is 3.36. The molecule has 0 spiro atoms. The number of halogens is 1. The van der Waals surface area contributed by atoms with Crippen molar-refractivity contribution < 1.29 is 4.39 Å². The summed E-state index contributed by atoms with van der Waals surface area (Å²) in [7, 11) is 0. The molecule has 2 nitrogen and oxygen atoms in total. The monoisotopic (exact) mass is 210 g/mol. The molecule has 1 atom stereocenters. The van der Waals surface area contributed by atoms with E-state index in [0.717, 1.165) is 19.4 Å². The molecule has 0 amide bonds. The molecular formula is C12H19FN2. The van der Waals surface area contributed by atoms with Crippen molar-refractivity contribution in [2.45, 2.75) is 32.2 Å². The van der Waals surface area contributed by atoms with Crippen LogP contribution < -0.4 is 5.32 Å². The SMILES string of the molecule is CCCC(NCCCF)c1cccnc1. The minimum Gasteiger partial charge on any atom is -0.310 e. The summed E-state index contributed by atoms with van der Waals surface area (Å²) in [6.45, 7) is 2.63. The second kappa shape index (κ2) is 7.35. The van der Waals surface area contributed by atoms with E-state index in [1.807, 2.05) is 12.3 Å². The molecule has 0 aliphatic rings. The molecule has 15 heavy (non-hydrogen) atoms. The lowest BCUT2D eigenvalue weighted by atomic mass is 10.0. The second-order valence-corrected chi connectivity index (χ2v) is 3.62. The third-order valence-electron chi connectivity index (χ3n) is 2.37. The number of nitrogens with one attached hydrogen (secondary N) is 1. The predicted octanol–water partition coefficient (Wildman–Crippen LogP) is 2.87. The highest BCUT2D eigenvalue weighted by atomic mass is 19.1. The van der Waals surface area contributed by atoms with Gasteiger partial charge in [0, 0.05) is 18.4 Å². The van der Waals surface area contributed by atoms with Gasteiger partial charge in [0.2, 0.25) is 0 Å². The lowest BCUT2D eigenvalue weighted by Crippen LogP contribution is -2.22. The topological polar surface area (TPSA) is 24.9 Å². The highest BCUT2D eigenvalue weighted by Crippen LogP contribution is 2.16. The maximum absolute atomic E-state index is 12.0. The molecule has 0 radical (unpaired) electrons. The van der Waals surface area contributed by atoms with Crippen LogP contribution in [0.3, 0.4) is 0 Å². The Morgan fingerprint density at radius 2 is 2.40 bits per heavy atom. The predicted molar refractivity (Wildman–Crippen MR) is 60.5 cm³/mol. The number of hydrogen-bond acceptors (Lipinski definition) is 2. The zero-order valence-electron chi connectivity index (χ0n) is 9.25. The van der Waals surface area contributed by atoms with E-state index < -0.39 is 0 Å². The van der Waals surface area contributed by atoms with E-state index >= 15 is 0 Å². The maximum atomic E-state index is 12.0. The van der Waals surface area contributed by atoms with Crippen LogP contribution in [0.25, 0.3) is 0 Å². The smallest absolute Gasteiger partial charge is 0.0906 e. The fraction of sp³-hybridized carbons (Fsp3) is 0.583. The summed E-state index contributed by atoms with van der Waals surface area (Å²) >= 11 is 0. The first-order chi connectivity index (χ1) is 7.38. The van der Waals surface area contributed by atoms with Gasteiger partial charge in [0.25, 0.3) is 0 Å². The largest absolute Gasteiger partial charge is 0.310 e. The molecule has 1 unspecified atom stereocenters. The Kier molecular flexibility index (Phi) is 5.93. The van der Waals surface area contributed by atoms with Gasteiger partial charge in [-0.1, -0.05) is 19.4 Å². The maximum Gasteiger partial charge on any atom is 0.0906 e. The molecule has 1 N–H and O–H groups in total. The minimum atomic E-state index is -0.251. The molecule has 0 fully saturated rings. The molecule has 0 bridgehead atoms. The van der Waals surface area contributed by atoms with Gasteiger partial charge in [-0.15, -0.1) is 0 Å². The van der Waals surface area contributed by atoms with Crippen LogP contribution in [0.2, 0.25) is 0 Å². The highest BCUT2D eigenvalue weighted by Gasteiger charge is 2.08. The van der Waals surface area contributed by atoms with Crippen LogP contribution in [-0.4, -0.2) is 18.2 Å². The van der Waals surface area contributed by atoms with E-state index in [1.54, 1.807) is 6.20 Å². The second-order valence-electron chi connectivity index (χ2n) is 3.62. The van der Waals surface area contributed by atoms with Crippen LogP contribution in [0.15, 0.2) is 24.5 Å². The lowest BCUT2D eigenvalue weighted by Gasteiger charge is -2.17. The van der Waals surface area contributed by atoms with Gasteiger partial charge >= 0.3 is 0 Å². The molecule has 0 saturated heterocycles. The molecular weight excluding hydrogens is 191 g/mol. The van der Waals surface area contributed by atoms with Crippen molar-refractivity contribution in [2.24, 2.45) is 0 Å². The third kappa shape index (κ3) is 4.38. The van der Waals surface area contributed by atoms with E-state index in [2.05, 4.69) is 23.3 Å². The molecule has 0 aliphatic carbocycles. The van der Waals surface area contributed by atoms with Gasteiger partial charge in [0.15, 0.2) is 0 Å². The normalized spacial score (nSPS) is 12.7. The van der Waals surface area contributed by atoms with Crippen molar-refractivity contribution in [1.82, 2.24) is 10.3 Å². The molecule has 1 aromatic heterocycles. The van der Waals surface area contributed by atoms with Crippen molar-refractivity contribution in [1.29, 1.82) is 0 Å². The summed E-state index contributed by atoms with van der Waals surface area (Å²) in [5.74, 6) is 0. The highest BCUT2D eigenvalue weighted by molar-refractivity contribution is 5.13. The molecule has 84 valence electrons. The van der Waals surface area contributed by atoms with Crippen LogP contribution >= 0.6 is 0 Å². The zero-order chi connectivity index (χ0) is 10.9. The molecule has 3 heteroatoms. The van der Waals surface area contributed by atoms with Gasteiger partial charge in [0.05, 0.1) is 6.67 Å². The standard InChI is InChI=1S/C12H19FN2/c1-2-5-12(15-9-4-7-13)11-6-3-8-14-10-11/h3,6,8,10,12,15H,2,4-5,7,9H2,1H3. The fourth-order valence-electron chi connectivity index (χ4n) is 1.60. The van der Waals surface area contributed by atoms with E-state index in [9.17, 15) is 4.39 Å². The van der Waals surface area contributed by atoms with Crippen LogP contribution in [0.1, 0.15) is 37.8 Å². The van der Waals surface area contributed by atoms with Gasteiger partial charge in [-0.3, -0.25) is 9.37 Å². The first-order valence-corrected chi connectivity index (χ1v) is 5.57. The number of hydrogen-bond donors (Lipinski definition) is 1. The molecule has 0 saturated carbocycles. The van der Waals surface area contributed by atoms with E-state index in [4.69, 9.17) is 0 Å². The van der Waals surface area contributed by atoms with Crippen LogP contribution in [-0.2, 0) is 0 Å². The number of nitrogens with zero attached hydrogens (tertiary/aromatic N) is 1. The number of aromatic nitrogens is 1. The van der Waals surface area contributed by atoms with Crippen molar-refractivity contribution in [2.75, 3.05) is 13.2 Å². The minimum absolute atomic E-state index is 0.251. The summed E-state index contributed by atoms with van der Waals surface area (Å²) in [4.78, 5) is 4.10. The Labute approximate surface area is 90.9 Å². The quantitative estimate of drug-likeness (QED) is 0.700. The third-order valence-corrected chi connectivity index (χ3v) is 2.37. The summed E-state index contributed by atoms with van der Waals surface area (Å²) in [6.07, 6.45) is 6.41. The number of pyridine rings is 1. The van der Waals surface area contributed by atoms with E-state index in [0.29, 0.717) is 12.5 Å². The summed E-state index contributed by atoms with van der Waals surface area (Å²) in [5.41, 5.74) is 1.19. The van der Waals surface area contributed by atoms with E-state index in [1.165, 1.54) is 5.56 Å². The Morgan fingerprint density at radius 3 is 3.00 bits per heavy atom. The molecule has 1 rings (SSSR count). The van der Waals surface area contributed by atoms with Crippen LogP contribution in [0, 0.1) is 0 Å². The Morgan fingerprint density at radius 1 is 1.53 bits per heavy atom. The van der Waals surface area contributed by atoms with Gasteiger partial charge in [-0.25, -0.2) is 0 Å². The Balaban J connectivity index is 2.50. The summed E-state index contributed by atoms with van der Waals surface area (Å²) < 4.78 is 12.0. The van der Waals surface area contributed by atoms with Gasteiger partial charge in [0.1, 0.15) is 0 Å². The van der Waals surface area contributed by atoms with Gasteiger partial charge in [-0.2, -0.15) is 0 Å². The zero-order valence-corrected chi connectivity index (χ0v) is 9.25. The lowest BCUT2D eigenvalue weighted by molar-refractivity contribution is 0.428. The number of rotatable bonds is 7. The first-order valence-electron chi connectivity index (χ1n) is 5.57. The van der Waals surface area contributed by atoms with Crippen molar-refractivity contribution >= 4 is 0 Å². The average Bonchev–Trinajstić information content (AvgIpc) is 2.29. The number of alkyl halides is 1. The van der Waals surface area contributed by atoms with Crippen LogP contribution in [0.4, 0.5) is 4.39 Å². The van der Waals surface area contributed by atoms with Gasteiger partial charge < -0.3 is 5.32 Å². The first kappa shape index (κ1) is 12.1. The molecule has 0 aliphatic heterocycles. The van der Waals surface area contributed by atoms with Crippen molar-refractivity contribution in [3.05, 3.63) is 30.1 Å². The van der Waals surface area contributed by atoms with Crippen LogP contribution in [0.5, 0.6) is 0 Å². The van der Waals surface area contributed by atoms with Crippen molar-refractivity contribution in [3.8, 4) is 0 Å². The van der Waals surface area contributed by atoms with Gasteiger partial charge in [-0.05, 0) is 31.0 Å². The fourth-order valence-corrected chi connectivity index (χ4v) is 1.60. The molecule has 1 aromatic rings. The van der Waals surface area contributed by atoms with Crippen molar-refractivity contribution in [3.63, 3.8) is 0 Å². The Hall–Kier alpha value is -0.960. The molecule has 1 heterocycles. The summed E-state index contributed by atoms with van der Waals surface area (Å²) in [6, 6.07) is 4.32. The van der Waals surface area contributed by atoms with E-state index in [-0.39, 0.29) is 6.67 Å². The molecule has 0 aromatic carbocycles.